The molecule has 1 aliphatic rings. The molecule has 0 aromatic rings. The van der Waals surface area contributed by atoms with E-state index in [1.165, 1.54) is 70.9 Å². The third-order valence-electron chi connectivity index (χ3n) is 4.80. The van der Waals surface area contributed by atoms with Crippen LogP contribution in [0.4, 0.5) is 0 Å². The second kappa shape index (κ2) is 9.77. The fraction of sp³-hybridized carbons (Fsp3) is 1.00. The highest BCUT2D eigenvalue weighted by atomic mass is 15.2. The van der Waals surface area contributed by atoms with Crippen LogP contribution in [-0.2, 0) is 0 Å². The monoisotopic (exact) mass is 268 g/mol. The third kappa shape index (κ3) is 5.83. The molecule has 0 bridgehead atoms. The molecule has 1 fully saturated rings. The number of rotatable bonds is 9. The highest BCUT2D eigenvalue weighted by Gasteiger charge is 2.30. The second-order valence-electron chi connectivity index (χ2n) is 6.44. The van der Waals surface area contributed by atoms with Crippen LogP contribution in [0.5, 0.6) is 0 Å². The Kier molecular flexibility index (Phi) is 8.72. The molecule has 2 nitrogen and oxygen atoms in total. The van der Waals surface area contributed by atoms with Gasteiger partial charge in [0, 0.05) is 12.1 Å². The van der Waals surface area contributed by atoms with E-state index in [0.29, 0.717) is 0 Å². The molecule has 2 heteroatoms. The summed E-state index contributed by atoms with van der Waals surface area (Å²) in [6, 6.07) is 1.60. The summed E-state index contributed by atoms with van der Waals surface area (Å²) in [5.74, 6) is 0. The minimum atomic E-state index is 0.798. The molecule has 0 aromatic heterocycles. The molecular weight excluding hydrogens is 232 g/mol. The normalized spacial score (nSPS) is 24.3. The summed E-state index contributed by atoms with van der Waals surface area (Å²) < 4.78 is 0. The Balaban J connectivity index is 2.46. The summed E-state index contributed by atoms with van der Waals surface area (Å²) in [4.78, 5) is 5.30. The van der Waals surface area contributed by atoms with Crippen LogP contribution in [0.15, 0.2) is 0 Å². The Hall–Kier alpha value is -0.0800. The van der Waals surface area contributed by atoms with Gasteiger partial charge in [0.05, 0.1) is 0 Å². The highest BCUT2D eigenvalue weighted by Crippen LogP contribution is 2.26. The van der Waals surface area contributed by atoms with Crippen LogP contribution in [0.3, 0.4) is 0 Å². The van der Waals surface area contributed by atoms with Gasteiger partial charge in [-0.15, -0.1) is 0 Å². The van der Waals surface area contributed by atoms with Gasteiger partial charge in [-0.1, -0.05) is 46.0 Å². The van der Waals surface area contributed by atoms with Crippen molar-refractivity contribution >= 4 is 0 Å². The van der Waals surface area contributed by atoms with E-state index in [1.54, 1.807) is 0 Å². The maximum Gasteiger partial charge on any atom is 0.0248 e. The number of unbranched alkanes of at least 4 members (excludes halogenated alkanes) is 3. The lowest BCUT2D eigenvalue weighted by Crippen LogP contribution is -2.51. The number of hydrogen-bond acceptors (Lipinski definition) is 2. The van der Waals surface area contributed by atoms with E-state index in [0.717, 1.165) is 12.1 Å². The van der Waals surface area contributed by atoms with Gasteiger partial charge in [-0.05, 0) is 52.9 Å². The molecule has 114 valence electrons. The van der Waals surface area contributed by atoms with Gasteiger partial charge in [-0.25, -0.2) is 0 Å². The fourth-order valence-corrected chi connectivity index (χ4v) is 3.47. The van der Waals surface area contributed by atoms with Crippen molar-refractivity contribution < 1.29 is 0 Å². The van der Waals surface area contributed by atoms with Crippen LogP contribution in [0.25, 0.3) is 0 Å². The summed E-state index contributed by atoms with van der Waals surface area (Å²) in [6.07, 6.45) is 12.4. The molecule has 1 rings (SSSR count). The maximum atomic E-state index is 2.65. The molecular formula is C17H36N2. The van der Waals surface area contributed by atoms with E-state index >= 15 is 0 Å². The molecule has 2 atom stereocenters. The van der Waals surface area contributed by atoms with Crippen molar-refractivity contribution in [2.24, 2.45) is 0 Å². The van der Waals surface area contributed by atoms with Crippen molar-refractivity contribution in [3.05, 3.63) is 0 Å². The van der Waals surface area contributed by atoms with Crippen molar-refractivity contribution in [1.82, 2.24) is 9.80 Å². The average Bonchev–Trinajstić information content (AvgIpc) is 2.45. The first-order chi connectivity index (χ1) is 9.20. The van der Waals surface area contributed by atoms with E-state index in [-0.39, 0.29) is 0 Å². The Bertz CT molecular complexity index is 217. The molecule has 0 amide bonds. The average molecular weight is 268 g/mol. The van der Waals surface area contributed by atoms with Gasteiger partial charge < -0.3 is 9.80 Å². The zero-order valence-corrected chi connectivity index (χ0v) is 13.8. The Morgan fingerprint density at radius 3 is 1.68 bits per heavy atom. The maximum absolute atomic E-state index is 2.65. The van der Waals surface area contributed by atoms with E-state index in [4.69, 9.17) is 0 Å². The quantitative estimate of drug-likeness (QED) is 0.580. The van der Waals surface area contributed by atoms with Gasteiger partial charge >= 0.3 is 0 Å². The predicted molar refractivity (Wildman–Crippen MR) is 85.7 cm³/mol. The van der Waals surface area contributed by atoms with Crippen molar-refractivity contribution in [2.45, 2.75) is 83.7 Å². The summed E-state index contributed by atoms with van der Waals surface area (Å²) in [6.45, 7) is 7.15. The fourth-order valence-electron chi connectivity index (χ4n) is 3.47. The standard InChI is InChI=1S/C17H36N2/c1-5-7-11-15-19(4)17-13-10-9-12-16(17)18(3)14-8-6-2/h16-17H,5-15H2,1-4H3. The number of likely N-dealkylation sites (N-methyl/N-ethyl adjacent to an activating group) is 2. The summed E-state index contributed by atoms with van der Waals surface area (Å²) in [5, 5.41) is 0. The van der Waals surface area contributed by atoms with E-state index in [1.807, 2.05) is 0 Å². The smallest absolute Gasteiger partial charge is 0.0248 e. The predicted octanol–water partition coefficient (Wildman–Crippen LogP) is 4.15. The van der Waals surface area contributed by atoms with Crippen molar-refractivity contribution in [1.29, 1.82) is 0 Å². The van der Waals surface area contributed by atoms with Crippen LogP contribution in [0, 0.1) is 0 Å². The molecule has 0 aromatic carbocycles. The third-order valence-corrected chi connectivity index (χ3v) is 4.80. The molecule has 19 heavy (non-hydrogen) atoms. The summed E-state index contributed by atoms with van der Waals surface area (Å²) in [5.41, 5.74) is 0. The SMILES string of the molecule is CCCCCN(C)C1CCCCC1N(C)CCCC. The number of hydrogen-bond donors (Lipinski definition) is 0. The van der Waals surface area contributed by atoms with Crippen LogP contribution in [0.1, 0.15) is 71.6 Å². The van der Waals surface area contributed by atoms with Crippen molar-refractivity contribution in [3.8, 4) is 0 Å². The zero-order valence-electron chi connectivity index (χ0n) is 13.8. The largest absolute Gasteiger partial charge is 0.302 e. The molecule has 1 aliphatic carbocycles. The summed E-state index contributed by atoms with van der Waals surface area (Å²) >= 11 is 0. The van der Waals surface area contributed by atoms with E-state index in [2.05, 4.69) is 37.7 Å². The van der Waals surface area contributed by atoms with Crippen LogP contribution < -0.4 is 0 Å². The van der Waals surface area contributed by atoms with Crippen molar-refractivity contribution in [2.75, 3.05) is 27.2 Å². The van der Waals surface area contributed by atoms with E-state index < -0.39 is 0 Å². The Labute approximate surface area is 121 Å². The molecule has 0 spiro atoms. The van der Waals surface area contributed by atoms with Gasteiger partial charge in [0.25, 0.3) is 0 Å². The Morgan fingerprint density at radius 2 is 1.21 bits per heavy atom. The first-order valence-electron chi connectivity index (χ1n) is 8.61. The van der Waals surface area contributed by atoms with Gasteiger partial charge in [0.15, 0.2) is 0 Å². The molecule has 1 saturated carbocycles. The first-order valence-corrected chi connectivity index (χ1v) is 8.61. The van der Waals surface area contributed by atoms with Gasteiger partial charge in [-0.2, -0.15) is 0 Å². The molecule has 2 unspecified atom stereocenters. The highest BCUT2D eigenvalue weighted by molar-refractivity contribution is 4.87. The van der Waals surface area contributed by atoms with Crippen LogP contribution >= 0.6 is 0 Å². The lowest BCUT2D eigenvalue weighted by atomic mass is 9.88. The molecule has 0 radical (unpaired) electrons. The van der Waals surface area contributed by atoms with E-state index in [9.17, 15) is 0 Å². The first kappa shape index (κ1) is 17.0. The lowest BCUT2D eigenvalue weighted by molar-refractivity contribution is 0.0758. The van der Waals surface area contributed by atoms with Gasteiger partial charge in [-0.3, -0.25) is 0 Å². The number of nitrogens with zero attached hydrogens (tertiary/aromatic N) is 2. The minimum absolute atomic E-state index is 0.798. The molecule has 0 N–H and O–H groups in total. The molecule has 0 saturated heterocycles. The lowest BCUT2D eigenvalue weighted by Gasteiger charge is -2.42. The van der Waals surface area contributed by atoms with Crippen LogP contribution in [-0.4, -0.2) is 49.1 Å². The van der Waals surface area contributed by atoms with Crippen LogP contribution in [0.2, 0.25) is 0 Å². The zero-order chi connectivity index (χ0) is 14.1. The van der Waals surface area contributed by atoms with Crippen molar-refractivity contribution in [3.63, 3.8) is 0 Å². The topological polar surface area (TPSA) is 6.48 Å². The second-order valence-corrected chi connectivity index (χ2v) is 6.44. The Morgan fingerprint density at radius 1 is 0.737 bits per heavy atom. The minimum Gasteiger partial charge on any atom is -0.302 e. The summed E-state index contributed by atoms with van der Waals surface area (Å²) in [7, 11) is 4.70. The van der Waals surface area contributed by atoms with Gasteiger partial charge in [0.1, 0.15) is 0 Å². The molecule has 0 heterocycles. The van der Waals surface area contributed by atoms with Gasteiger partial charge in [0.2, 0.25) is 0 Å². The molecule has 0 aliphatic heterocycles.